The summed E-state index contributed by atoms with van der Waals surface area (Å²) in [5.41, 5.74) is 5.52. The predicted octanol–water partition coefficient (Wildman–Crippen LogP) is 0.339. The highest BCUT2D eigenvalue weighted by atomic mass is 16.1. The lowest BCUT2D eigenvalue weighted by atomic mass is 9.96. The fourth-order valence-electron chi connectivity index (χ4n) is 1.94. The van der Waals surface area contributed by atoms with Crippen LogP contribution in [0.3, 0.4) is 0 Å². The summed E-state index contributed by atoms with van der Waals surface area (Å²) < 4.78 is 0. The van der Waals surface area contributed by atoms with Gasteiger partial charge in [-0.25, -0.2) is 9.97 Å². The number of nitrogens with one attached hydrogen (secondary N) is 1. The van der Waals surface area contributed by atoms with Crippen molar-refractivity contribution in [3.8, 4) is 0 Å². The third kappa shape index (κ3) is 3.13. The van der Waals surface area contributed by atoms with Crippen LogP contribution < -0.4 is 11.1 Å². The molecule has 1 aromatic rings. The first-order chi connectivity index (χ1) is 8.15. The molecule has 0 bridgehead atoms. The van der Waals surface area contributed by atoms with Crippen molar-refractivity contribution in [2.75, 3.05) is 31.2 Å². The van der Waals surface area contributed by atoms with Crippen LogP contribution in [0.1, 0.15) is 12.8 Å². The molecule has 6 nitrogen and oxygen atoms in total. The third-order valence-corrected chi connectivity index (χ3v) is 3.03. The van der Waals surface area contributed by atoms with Gasteiger partial charge in [0.1, 0.15) is 18.0 Å². The van der Waals surface area contributed by atoms with Gasteiger partial charge in [0.2, 0.25) is 5.91 Å². The van der Waals surface area contributed by atoms with E-state index in [4.69, 9.17) is 5.73 Å². The molecule has 1 aliphatic heterocycles. The van der Waals surface area contributed by atoms with E-state index >= 15 is 0 Å². The van der Waals surface area contributed by atoms with Gasteiger partial charge in [-0.1, -0.05) is 0 Å². The maximum absolute atomic E-state index is 12.0. The lowest BCUT2D eigenvalue weighted by Crippen LogP contribution is -2.36. The highest BCUT2D eigenvalue weighted by molar-refractivity contribution is 5.91. The largest absolute Gasteiger partial charge is 0.384 e. The Morgan fingerprint density at radius 3 is 2.82 bits per heavy atom. The van der Waals surface area contributed by atoms with Crippen LogP contribution >= 0.6 is 0 Å². The van der Waals surface area contributed by atoms with E-state index in [1.807, 2.05) is 0 Å². The van der Waals surface area contributed by atoms with Crippen molar-refractivity contribution < 1.29 is 4.79 Å². The Bertz CT molecular complexity index is 401. The monoisotopic (exact) mass is 235 g/mol. The molecule has 1 amide bonds. The Labute approximate surface area is 100 Å². The van der Waals surface area contributed by atoms with Crippen molar-refractivity contribution in [1.82, 2.24) is 14.9 Å². The van der Waals surface area contributed by atoms with Crippen LogP contribution in [0.2, 0.25) is 0 Å². The number of hydrogen-bond acceptors (Lipinski definition) is 5. The lowest BCUT2D eigenvalue weighted by molar-refractivity contribution is -0.121. The minimum absolute atomic E-state index is 0.0243. The Kier molecular flexibility index (Phi) is 3.53. The van der Waals surface area contributed by atoms with Crippen LogP contribution in [-0.2, 0) is 4.79 Å². The normalized spacial score (nSPS) is 17.9. The molecule has 2 rings (SSSR count). The summed E-state index contributed by atoms with van der Waals surface area (Å²) in [5.74, 6) is 0.929. The number of carbonyl (C=O) groups is 1. The Hall–Kier alpha value is -1.69. The quantitative estimate of drug-likeness (QED) is 0.772. The molecule has 0 aliphatic carbocycles. The number of anilines is 2. The summed E-state index contributed by atoms with van der Waals surface area (Å²) in [6, 6.07) is 1.56. The molecule has 0 spiro atoms. The molecule has 3 N–H and O–H groups in total. The average molecular weight is 235 g/mol. The summed E-state index contributed by atoms with van der Waals surface area (Å²) >= 11 is 0. The number of rotatable bonds is 2. The number of carbonyl (C=O) groups excluding carboxylic acids is 1. The van der Waals surface area contributed by atoms with E-state index in [1.54, 1.807) is 6.07 Å². The van der Waals surface area contributed by atoms with Crippen LogP contribution in [-0.4, -0.2) is 40.9 Å². The molecule has 0 saturated carbocycles. The SMILES string of the molecule is CN1CCC(C(=O)Nc2cc(N)ncn2)CC1. The first-order valence-corrected chi connectivity index (χ1v) is 5.72. The van der Waals surface area contributed by atoms with E-state index in [-0.39, 0.29) is 11.8 Å². The van der Waals surface area contributed by atoms with Gasteiger partial charge >= 0.3 is 0 Å². The fourth-order valence-corrected chi connectivity index (χ4v) is 1.94. The zero-order chi connectivity index (χ0) is 12.3. The Balaban J connectivity index is 1.93. The van der Waals surface area contributed by atoms with Crippen LogP contribution in [0, 0.1) is 5.92 Å². The van der Waals surface area contributed by atoms with Gasteiger partial charge in [0.25, 0.3) is 0 Å². The molecular weight excluding hydrogens is 218 g/mol. The maximum atomic E-state index is 12.0. The molecule has 1 aliphatic rings. The molecule has 1 saturated heterocycles. The number of piperidine rings is 1. The minimum Gasteiger partial charge on any atom is -0.384 e. The Morgan fingerprint density at radius 2 is 2.18 bits per heavy atom. The van der Waals surface area contributed by atoms with Gasteiger partial charge in [0.05, 0.1) is 0 Å². The van der Waals surface area contributed by atoms with E-state index in [2.05, 4.69) is 27.2 Å². The summed E-state index contributed by atoms with van der Waals surface area (Å²) in [7, 11) is 2.07. The molecule has 92 valence electrons. The Morgan fingerprint density at radius 1 is 1.47 bits per heavy atom. The van der Waals surface area contributed by atoms with E-state index in [0.717, 1.165) is 25.9 Å². The molecule has 0 atom stereocenters. The van der Waals surface area contributed by atoms with Gasteiger partial charge in [-0.15, -0.1) is 0 Å². The molecule has 1 aromatic heterocycles. The molecule has 0 aromatic carbocycles. The molecule has 2 heterocycles. The zero-order valence-electron chi connectivity index (χ0n) is 9.89. The molecule has 6 heteroatoms. The second-order valence-electron chi connectivity index (χ2n) is 4.39. The van der Waals surface area contributed by atoms with Gasteiger partial charge in [-0.3, -0.25) is 4.79 Å². The van der Waals surface area contributed by atoms with Crippen molar-refractivity contribution in [3.63, 3.8) is 0 Å². The summed E-state index contributed by atoms with van der Waals surface area (Å²) in [4.78, 5) is 21.9. The number of nitrogens with zero attached hydrogens (tertiary/aromatic N) is 3. The average Bonchev–Trinajstić information content (AvgIpc) is 2.29. The van der Waals surface area contributed by atoms with Crippen LogP contribution in [0.25, 0.3) is 0 Å². The summed E-state index contributed by atoms with van der Waals surface area (Å²) in [6.45, 7) is 1.92. The number of likely N-dealkylation sites (tertiary alicyclic amines) is 1. The standard InChI is InChI=1S/C11H17N5O/c1-16-4-2-8(3-5-16)11(17)15-10-6-9(12)13-7-14-10/h6-8H,2-5H2,1H3,(H3,12,13,14,15,17). The number of nitrogen functional groups attached to an aromatic ring is 1. The molecule has 17 heavy (non-hydrogen) atoms. The van der Waals surface area contributed by atoms with Gasteiger partial charge in [0.15, 0.2) is 0 Å². The van der Waals surface area contributed by atoms with E-state index in [1.165, 1.54) is 6.33 Å². The maximum Gasteiger partial charge on any atom is 0.228 e. The van der Waals surface area contributed by atoms with E-state index in [9.17, 15) is 4.79 Å². The van der Waals surface area contributed by atoms with Crippen molar-refractivity contribution in [1.29, 1.82) is 0 Å². The zero-order valence-corrected chi connectivity index (χ0v) is 9.89. The van der Waals surface area contributed by atoms with Gasteiger partial charge < -0.3 is 16.0 Å². The first-order valence-electron chi connectivity index (χ1n) is 5.72. The summed E-state index contributed by atoms with van der Waals surface area (Å²) in [6.07, 6.45) is 3.13. The number of nitrogens with two attached hydrogens (primary N) is 1. The minimum atomic E-state index is 0.0243. The smallest absolute Gasteiger partial charge is 0.228 e. The van der Waals surface area contributed by atoms with Crippen LogP contribution in [0.4, 0.5) is 11.6 Å². The van der Waals surface area contributed by atoms with Crippen LogP contribution in [0.5, 0.6) is 0 Å². The van der Waals surface area contributed by atoms with Crippen molar-refractivity contribution in [2.24, 2.45) is 5.92 Å². The first kappa shape index (κ1) is 11.8. The molecule has 0 radical (unpaired) electrons. The predicted molar refractivity (Wildman–Crippen MR) is 65.3 cm³/mol. The van der Waals surface area contributed by atoms with Crippen molar-refractivity contribution in [2.45, 2.75) is 12.8 Å². The second-order valence-corrected chi connectivity index (χ2v) is 4.39. The second kappa shape index (κ2) is 5.09. The highest BCUT2D eigenvalue weighted by Crippen LogP contribution is 2.18. The number of amides is 1. The van der Waals surface area contributed by atoms with E-state index in [0.29, 0.717) is 11.6 Å². The summed E-state index contributed by atoms with van der Waals surface area (Å²) in [5, 5.41) is 2.78. The van der Waals surface area contributed by atoms with E-state index < -0.39 is 0 Å². The van der Waals surface area contributed by atoms with Gasteiger partial charge in [0, 0.05) is 12.0 Å². The topological polar surface area (TPSA) is 84.1 Å². The third-order valence-electron chi connectivity index (χ3n) is 3.03. The molecular formula is C11H17N5O. The van der Waals surface area contributed by atoms with Gasteiger partial charge in [-0.2, -0.15) is 0 Å². The number of hydrogen-bond donors (Lipinski definition) is 2. The lowest BCUT2D eigenvalue weighted by Gasteiger charge is -2.27. The molecule has 1 fully saturated rings. The van der Waals surface area contributed by atoms with Crippen molar-refractivity contribution in [3.05, 3.63) is 12.4 Å². The molecule has 0 unspecified atom stereocenters. The van der Waals surface area contributed by atoms with Gasteiger partial charge in [-0.05, 0) is 33.0 Å². The van der Waals surface area contributed by atoms with Crippen LogP contribution in [0.15, 0.2) is 12.4 Å². The highest BCUT2D eigenvalue weighted by Gasteiger charge is 2.23. The number of aromatic nitrogens is 2. The fraction of sp³-hybridized carbons (Fsp3) is 0.545. The van der Waals surface area contributed by atoms with Crippen molar-refractivity contribution >= 4 is 17.5 Å².